The molecule has 0 N–H and O–H groups in total. The van der Waals surface area contributed by atoms with Crippen molar-refractivity contribution in [2.45, 2.75) is 18.1 Å². The van der Waals surface area contributed by atoms with E-state index in [-0.39, 0.29) is 6.61 Å². The number of rotatable bonds is 7. The molecule has 5 heteroatoms. The monoisotopic (exact) mass is 504 g/mol. The summed E-state index contributed by atoms with van der Waals surface area (Å²) >= 11 is 1.65. The van der Waals surface area contributed by atoms with Crippen molar-refractivity contribution in [3.63, 3.8) is 0 Å². The molecule has 37 heavy (non-hydrogen) atoms. The third-order valence-corrected chi connectivity index (χ3v) is 7.19. The molecule has 0 amide bonds. The minimum absolute atomic E-state index is 0.191. The maximum atomic E-state index is 13.6. The van der Waals surface area contributed by atoms with E-state index < -0.39 is 5.97 Å². The molecule has 6 rings (SSSR count). The molecule has 0 saturated heterocycles. The second-order valence-electron chi connectivity index (χ2n) is 8.75. The number of hydrogen-bond acceptors (Lipinski definition) is 5. The number of carbonyl (C=O) groups is 1. The zero-order valence-electron chi connectivity index (χ0n) is 20.1. The van der Waals surface area contributed by atoms with Gasteiger partial charge >= 0.3 is 5.97 Å². The Morgan fingerprint density at radius 1 is 0.757 bits per heavy atom. The number of benzene rings is 5. The Morgan fingerprint density at radius 3 is 2.11 bits per heavy atom. The zero-order valence-corrected chi connectivity index (χ0v) is 20.9. The second kappa shape index (κ2) is 10.4. The summed E-state index contributed by atoms with van der Waals surface area (Å²) in [5, 5.41) is 1.83. The first-order chi connectivity index (χ1) is 18.3. The summed E-state index contributed by atoms with van der Waals surface area (Å²) in [7, 11) is 0. The molecular weight excluding hydrogens is 480 g/mol. The summed E-state index contributed by atoms with van der Waals surface area (Å²) in [4.78, 5) is 14.7. The van der Waals surface area contributed by atoms with Gasteiger partial charge in [-0.1, -0.05) is 103 Å². The minimum Gasteiger partial charge on any atom is -0.488 e. The van der Waals surface area contributed by atoms with Gasteiger partial charge < -0.3 is 14.2 Å². The Morgan fingerprint density at radius 2 is 1.41 bits per heavy atom. The van der Waals surface area contributed by atoms with Crippen LogP contribution in [0.3, 0.4) is 0 Å². The van der Waals surface area contributed by atoms with E-state index in [9.17, 15) is 4.79 Å². The number of thioether (sulfide) groups is 1. The lowest BCUT2D eigenvalue weighted by atomic mass is 9.92. The van der Waals surface area contributed by atoms with E-state index in [1.807, 2.05) is 103 Å². The first-order valence-corrected chi connectivity index (χ1v) is 13.1. The first kappa shape index (κ1) is 23.2. The summed E-state index contributed by atoms with van der Waals surface area (Å²) in [6.07, 6.45) is 0. The molecule has 0 unspecified atom stereocenters. The third kappa shape index (κ3) is 4.91. The molecule has 1 aliphatic heterocycles. The van der Waals surface area contributed by atoms with Crippen LogP contribution in [0.2, 0.25) is 0 Å². The van der Waals surface area contributed by atoms with Gasteiger partial charge in [0, 0.05) is 10.9 Å². The van der Waals surface area contributed by atoms with E-state index in [2.05, 4.69) is 6.07 Å². The van der Waals surface area contributed by atoms with E-state index in [1.54, 1.807) is 11.8 Å². The molecule has 0 saturated carbocycles. The van der Waals surface area contributed by atoms with Gasteiger partial charge in [0.25, 0.3) is 0 Å². The standard InChI is InChI=1S/C32H24O4S/c33-32(35-20-23-12-6-2-7-13-23)27-17-28(34-19-22-10-4-1-5-11-22)25-18-30-29(36-21-37-30)16-26(25)31(27)24-14-8-3-9-15-24/h1-18H,19-21H2. The summed E-state index contributed by atoms with van der Waals surface area (Å²) in [5.74, 6) is 1.63. The maximum Gasteiger partial charge on any atom is 0.339 e. The van der Waals surface area contributed by atoms with Gasteiger partial charge in [-0.25, -0.2) is 4.79 Å². The minimum atomic E-state index is -0.398. The van der Waals surface area contributed by atoms with E-state index in [1.165, 1.54) is 0 Å². The number of ether oxygens (including phenoxy) is 3. The highest BCUT2D eigenvalue weighted by molar-refractivity contribution is 7.99. The SMILES string of the molecule is O=C(OCc1ccccc1)c1cc(OCc2ccccc2)c2cc3c(cc2c1-c1ccccc1)OCS3. The van der Waals surface area contributed by atoms with Crippen LogP contribution in [0.1, 0.15) is 21.5 Å². The zero-order chi connectivity index (χ0) is 25.0. The van der Waals surface area contributed by atoms with Gasteiger partial charge in [-0.05, 0) is 40.3 Å². The lowest BCUT2D eigenvalue weighted by Crippen LogP contribution is -2.09. The van der Waals surface area contributed by atoms with Crippen LogP contribution in [-0.2, 0) is 18.0 Å². The van der Waals surface area contributed by atoms with Crippen molar-refractivity contribution >= 4 is 28.5 Å². The summed E-state index contributed by atoms with van der Waals surface area (Å²) < 4.78 is 18.0. The topological polar surface area (TPSA) is 44.8 Å². The van der Waals surface area contributed by atoms with Gasteiger partial charge in [0.1, 0.15) is 30.7 Å². The van der Waals surface area contributed by atoms with Crippen LogP contribution in [0.4, 0.5) is 0 Å². The molecule has 5 aromatic rings. The largest absolute Gasteiger partial charge is 0.488 e. The van der Waals surface area contributed by atoms with Crippen LogP contribution >= 0.6 is 11.8 Å². The molecular formula is C32H24O4S. The average Bonchev–Trinajstić information content (AvgIpc) is 3.42. The Labute approximate surface area is 219 Å². The highest BCUT2D eigenvalue weighted by atomic mass is 32.2. The summed E-state index contributed by atoms with van der Waals surface area (Å²) in [5.41, 5.74) is 4.18. The highest BCUT2D eigenvalue weighted by Crippen LogP contribution is 2.46. The van der Waals surface area contributed by atoms with Crippen molar-refractivity contribution < 1.29 is 19.0 Å². The van der Waals surface area contributed by atoms with Crippen molar-refractivity contribution in [3.8, 4) is 22.6 Å². The van der Waals surface area contributed by atoms with Crippen molar-refractivity contribution in [3.05, 3.63) is 126 Å². The second-order valence-corrected chi connectivity index (χ2v) is 9.71. The maximum absolute atomic E-state index is 13.6. The Hall–Kier alpha value is -4.22. The molecule has 1 aliphatic rings. The van der Waals surface area contributed by atoms with Crippen molar-refractivity contribution in [1.29, 1.82) is 0 Å². The molecule has 0 atom stereocenters. The molecule has 0 aromatic heterocycles. The van der Waals surface area contributed by atoms with Gasteiger partial charge in [0.2, 0.25) is 0 Å². The Balaban J connectivity index is 1.49. The van der Waals surface area contributed by atoms with E-state index >= 15 is 0 Å². The fourth-order valence-electron chi connectivity index (χ4n) is 4.51. The van der Waals surface area contributed by atoms with Crippen LogP contribution in [0.5, 0.6) is 11.5 Å². The summed E-state index contributed by atoms with van der Waals surface area (Å²) in [6.45, 7) is 0.579. The molecule has 0 spiro atoms. The normalized spacial score (nSPS) is 12.1. The molecule has 0 radical (unpaired) electrons. The lowest BCUT2D eigenvalue weighted by Gasteiger charge is -2.18. The molecule has 0 fully saturated rings. The fourth-order valence-corrected chi connectivity index (χ4v) is 5.29. The van der Waals surface area contributed by atoms with Crippen LogP contribution < -0.4 is 9.47 Å². The fraction of sp³-hybridized carbons (Fsp3) is 0.0938. The van der Waals surface area contributed by atoms with Crippen molar-refractivity contribution in [2.75, 3.05) is 5.94 Å². The van der Waals surface area contributed by atoms with Crippen LogP contribution in [-0.4, -0.2) is 11.9 Å². The molecule has 4 nitrogen and oxygen atoms in total. The lowest BCUT2D eigenvalue weighted by molar-refractivity contribution is 0.0473. The highest BCUT2D eigenvalue weighted by Gasteiger charge is 2.24. The van der Waals surface area contributed by atoms with E-state index in [0.717, 1.165) is 43.7 Å². The van der Waals surface area contributed by atoms with Gasteiger partial charge in [-0.15, -0.1) is 0 Å². The Bertz CT molecular complexity index is 1550. The van der Waals surface area contributed by atoms with Gasteiger partial charge in [-0.2, -0.15) is 0 Å². The molecule has 1 heterocycles. The number of esters is 1. The molecule has 0 bridgehead atoms. The predicted molar refractivity (Wildman–Crippen MR) is 147 cm³/mol. The van der Waals surface area contributed by atoms with Crippen LogP contribution in [0.15, 0.2) is 114 Å². The molecule has 0 aliphatic carbocycles. The molecule has 5 aromatic carbocycles. The van der Waals surface area contributed by atoms with Gasteiger partial charge in [0.05, 0.1) is 10.5 Å². The van der Waals surface area contributed by atoms with E-state index in [0.29, 0.717) is 23.9 Å². The van der Waals surface area contributed by atoms with E-state index in [4.69, 9.17) is 14.2 Å². The van der Waals surface area contributed by atoms with Crippen molar-refractivity contribution in [1.82, 2.24) is 0 Å². The third-order valence-electron chi connectivity index (χ3n) is 6.32. The van der Waals surface area contributed by atoms with Crippen molar-refractivity contribution in [2.24, 2.45) is 0 Å². The number of carbonyl (C=O) groups excluding carboxylic acids is 1. The van der Waals surface area contributed by atoms with Crippen LogP contribution in [0, 0.1) is 0 Å². The smallest absolute Gasteiger partial charge is 0.339 e. The quantitative estimate of drug-likeness (QED) is 0.211. The first-order valence-electron chi connectivity index (χ1n) is 12.1. The molecule has 182 valence electrons. The van der Waals surface area contributed by atoms with Crippen LogP contribution in [0.25, 0.3) is 21.9 Å². The number of fused-ring (bicyclic) bond motifs is 2. The Kier molecular flexibility index (Phi) is 6.53. The summed E-state index contributed by atoms with van der Waals surface area (Å²) in [6, 6.07) is 35.6. The predicted octanol–water partition coefficient (Wildman–Crippen LogP) is 7.88. The average molecular weight is 505 g/mol. The van der Waals surface area contributed by atoms with Gasteiger partial charge in [-0.3, -0.25) is 0 Å². The number of hydrogen-bond donors (Lipinski definition) is 0. The van der Waals surface area contributed by atoms with Gasteiger partial charge in [0.15, 0.2) is 0 Å².